The Hall–Kier alpha value is -2.00. The molecule has 0 atom stereocenters. The number of aryl methyl sites for hydroxylation is 1. The molecule has 0 amide bonds. The molecule has 0 unspecified atom stereocenters. The van der Waals surface area contributed by atoms with Gasteiger partial charge in [-0.15, -0.1) is 0 Å². The predicted molar refractivity (Wildman–Crippen MR) is 95.2 cm³/mol. The Morgan fingerprint density at radius 1 is 1.15 bits per heavy atom. The first kappa shape index (κ1) is 17.4. The van der Waals surface area contributed by atoms with Crippen molar-refractivity contribution >= 4 is 10.0 Å². The van der Waals surface area contributed by atoms with Crippen molar-refractivity contribution in [1.29, 1.82) is 0 Å². The monoisotopic (exact) mass is 377 g/mol. The van der Waals surface area contributed by atoms with Gasteiger partial charge < -0.3 is 4.57 Å². The molecule has 2 aliphatic rings. The Morgan fingerprint density at radius 3 is 2.50 bits per heavy atom. The molecule has 0 N–H and O–H groups in total. The molecular weight excluding hydrogens is 354 g/mol. The average Bonchev–Trinajstić information content (AvgIpc) is 3.38. The minimum absolute atomic E-state index is 0.0750. The summed E-state index contributed by atoms with van der Waals surface area (Å²) in [5.41, 5.74) is 0.914. The number of hydrogen-bond donors (Lipinski definition) is 0. The zero-order chi connectivity index (χ0) is 18.3. The van der Waals surface area contributed by atoms with Gasteiger partial charge in [-0.25, -0.2) is 18.1 Å². The van der Waals surface area contributed by atoms with Crippen LogP contribution >= 0.6 is 0 Å². The van der Waals surface area contributed by atoms with Crippen LogP contribution < -0.4 is 5.56 Å². The fourth-order valence-corrected chi connectivity index (χ4v) is 5.03. The summed E-state index contributed by atoms with van der Waals surface area (Å²) >= 11 is 0. The van der Waals surface area contributed by atoms with E-state index in [1.807, 2.05) is 6.07 Å². The lowest BCUT2D eigenvalue weighted by molar-refractivity contribution is 0.242. The molecule has 1 aliphatic heterocycles. The molecule has 140 valence electrons. The largest absolute Gasteiger partial charge is 0.324 e. The first-order valence-corrected chi connectivity index (χ1v) is 10.4. The highest BCUT2D eigenvalue weighted by Gasteiger charge is 2.32. The Balaban J connectivity index is 1.42. The second-order valence-electron chi connectivity index (χ2n) is 7.22. The molecule has 1 saturated carbocycles. The second-order valence-corrected chi connectivity index (χ2v) is 9.05. The van der Waals surface area contributed by atoms with Gasteiger partial charge in [-0.2, -0.15) is 9.40 Å². The van der Waals surface area contributed by atoms with Crippen LogP contribution in [0, 0.1) is 5.92 Å². The summed E-state index contributed by atoms with van der Waals surface area (Å²) in [4.78, 5) is 16.1. The van der Waals surface area contributed by atoms with E-state index in [0.29, 0.717) is 38.4 Å². The fourth-order valence-electron chi connectivity index (χ4n) is 3.49. The van der Waals surface area contributed by atoms with Gasteiger partial charge in [0.1, 0.15) is 0 Å². The van der Waals surface area contributed by atoms with Gasteiger partial charge in [-0.1, -0.05) is 0 Å². The maximum absolute atomic E-state index is 12.7. The Labute approximate surface area is 152 Å². The van der Waals surface area contributed by atoms with Gasteiger partial charge in [0, 0.05) is 51.1 Å². The third kappa shape index (κ3) is 3.33. The van der Waals surface area contributed by atoms with E-state index >= 15 is 0 Å². The molecule has 0 aromatic carbocycles. The number of nitrogens with zero attached hydrogens (tertiary/aromatic N) is 5. The SMILES string of the molecule is Cn1ccnc1S(=O)(=O)N1CCC(Cn2nc(C3CC3)ccc2=O)CC1. The number of sulfonamides is 1. The fraction of sp³-hybridized carbons (Fsp3) is 0.588. The smallest absolute Gasteiger partial charge is 0.276 e. The van der Waals surface area contributed by atoms with E-state index in [4.69, 9.17) is 0 Å². The van der Waals surface area contributed by atoms with Crippen molar-refractivity contribution in [1.82, 2.24) is 23.6 Å². The van der Waals surface area contributed by atoms with E-state index in [9.17, 15) is 13.2 Å². The molecular formula is C17H23N5O3S. The first-order chi connectivity index (χ1) is 12.4. The van der Waals surface area contributed by atoms with E-state index in [-0.39, 0.29) is 16.6 Å². The predicted octanol–water partition coefficient (Wildman–Crippen LogP) is 0.955. The van der Waals surface area contributed by atoms with Gasteiger partial charge in [-0.05, 0) is 37.7 Å². The maximum Gasteiger partial charge on any atom is 0.276 e. The van der Waals surface area contributed by atoms with Crippen LogP contribution in [-0.2, 0) is 23.6 Å². The normalized spacial score (nSPS) is 19.7. The van der Waals surface area contributed by atoms with E-state index in [1.54, 1.807) is 24.0 Å². The van der Waals surface area contributed by atoms with E-state index in [2.05, 4.69) is 10.1 Å². The summed E-state index contributed by atoms with van der Waals surface area (Å²) in [5.74, 6) is 0.758. The molecule has 0 spiro atoms. The van der Waals surface area contributed by atoms with Crippen molar-refractivity contribution in [3.63, 3.8) is 0 Å². The summed E-state index contributed by atoms with van der Waals surface area (Å²) in [6.45, 7) is 1.43. The van der Waals surface area contributed by atoms with Crippen LogP contribution in [0.2, 0.25) is 0 Å². The summed E-state index contributed by atoms with van der Waals surface area (Å²) in [7, 11) is -1.88. The van der Waals surface area contributed by atoms with E-state index < -0.39 is 10.0 Å². The van der Waals surface area contributed by atoms with Crippen LogP contribution in [0.1, 0.15) is 37.3 Å². The molecule has 8 nitrogen and oxygen atoms in total. The van der Waals surface area contributed by atoms with E-state index in [1.165, 1.54) is 15.1 Å². The number of imidazole rings is 1. The van der Waals surface area contributed by atoms with Gasteiger partial charge in [0.2, 0.25) is 5.16 Å². The summed E-state index contributed by atoms with van der Waals surface area (Å²) in [5, 5.41) is 4.58. The Bertz CT molecular complexity index is 953. The topological polar surface area (TPSA) is 90.1 Å². The van der Waals surface area contributed by atoms with Crippen molar-refractivity contribution in [2.75, 3.05) is 13.1 Å². The van der Waals surface area contributed by atoms with Gasteiger partial charge in [0.25, 0.3) is 15.6 Å². The molecule has 1 saturated heterocycles. The van der Waals surface area contributed by atoms with Gasteiger partial charge >= 0.3 is 0 Å². The minimum atomic E-state index is -3.56. The number of rotatable bonds is 5. The molecule has 4 rings (SSSR count). The Kier molecular flexibility index (Phi) is 4.44. The van der Waals surface area contributed by atoms with Crippen molar-refractivity contribution in [3.8, 4) is 0 Å². The highest BCUT2D eigenvalue weighted by atomic mass is 32.2. The first-order valence-electron chi connectivity index (χ1n) is 9.00. The van der Waals surface area contributed by atoms with Crippen LogP contribution in [0.4, 0.5) is 0 Å². The lowest BCUT2D eigenvalue weighted by atomic mass is 9.98. The standard InChI is InChI=1S/C17H23N5O3S/c1-20-11-8-18-17(20)26(24,25)21-9-6-13(7-10-21)12-22-16(23)5-4-15(19-22)14-2-3-14/h4-5,8,11,13-14H,2-3,6-7,9-10,12H2,1H3. The second kappa shape index (κ2) is 6.62. The summed E-state index contributed by atoms with van der Waals surface area (Å²) < 4.78 is 29.9. The minimum Gasteiger partial charge on any atom is -0.324 e. The van der Waals surface area contributed by atoms with Crippen molar-refractivity contribution in [2.45, 2.75) is 43.3 Å². The lowest BCUT2D eigenvalue weighted by Gasteiger charge is -2.30. The van der Waals surface area contributed by atoms with Crippen LogP contribution in [-0.4, -0.2) is 45.1 Å². The number of aromatic nitrogens is 4. The van der Waals surface area contributed by atoms with Crippen molar-refractivity contribution in [3.05, 3.63) is 40.6 Å². The van der Waals surface area contributed by atoms with Crippen LogP contribution in [0.5, 0.6) is 0 Å². The number of piperidine rings is 1. The molecule has 26 heavy (non-hydrogen) atoms. The molecule has 2 aromatic rings. The van der Waals surface area contributed by atoms with Gasteiger partial charge in [0.15, 0.2) is 0 Å². The number of hydrogen-bond acceptors (Lipinski definition) is 5. The molecule has 2 aromatic heterocycles. The highest BCUT2D eigenvalue weighted by molar-refractivity contribution is 7.89. The quantitative estimate of drug-likeness (QED) is 0.774. The highest BCUT2D eigenvalue weighted by Crippen LogP contribution is 2.38. The van der Waals surface area contributed by atoms with Crippen molar-refractivity contribution in [2.24, 2.45) is 13.0 Å². The zero-order valence-electron chi connectivity index (χ0n) is 14.8. The van der Waals surface area contributed by atoms with Gasteiger partial charge in [0.05, 0.1) is 5.69 Å². The third-order valence-corrected chi connectivity index (χ3v) is 7.13. The average molecular weight is 377 g/mol. The van der Waals surface area contributed by atoms with Crippen LogP contribution in [0.25, 0.3) is 0 Å². The summed E-state index contributed by atoms with van der Waals surface area (Å²) in [6, 6.07) is 3.43. The molecule has 0 bridgehead atoms. The van der Waals surface area contributed by atoms with Crippen LogP contribution in [0.15, 0.2) is 34.5 Å². The lowest BCUT2D eigenvalue weighted by Crippen LogP contribution is -2.41. The van der Waals surface area contributed by atoms with Gasteiger partial charge in [-0.3, -0.25) is 4.79 Å². The molecule has 9 heteroatoms. The Morgan fingerprint density at radius 2 is 1.88 bits per heavy atom. The molecule has 2 fully saturated rings. The van der Waals surface area contributed by atoms with E-state index in [0.717, 1.165) is 18.5 Å². The third-order valence-electron chi connectivity index (χ3n) is 5.24. The maximum atomic E-state index is 12.7. The molecule has 0 radical (unpaired) electrons. The zero-order valence-corrected chi connectivity index (χ0v) is 15.6. The molecule has 3 heterocycles. The summed E-state index contributed by atoms with van der Waals surface area (Å²) in [6.07, 6.45) is 6.84. The molecule has 1 aliphatic carbocycles. The van der Waals surface area contributed by atoms with Crippen molar-refractivity contribution < 1.29 is 8.42 Å². The van der Waals surface area contributed by atoms with Crippen LogP contribution in [0.3, 0.4) is 0 Å².